The summed E-state index contributed by atoms with van der Waals surface area (Å²) in [6.07, 6.45) is 0. The van der Waals surface area contributed by atoms with E-state index in [1.165, 1.54) is 0 Å². The van der Waals surface area contributed by atoms with Crippen molar-refractivity contribution < 1.29 is 44.4 Å². The predicted octanol–water partition coefficient (Wildman–Crippen LogP) is 4.68. The minimum absolute atomic E-state index is 0. The van der Waals surface area contributed by atoms with Gasteiger partial charge in [0.05, 0.1) is 21.4 Å². The Balaban J connectivity index is -0.000000231. The first-order chi connectivity index (χ1) is 8.42. The second-order valence-electron chi connectivity index (χ2n) is 3.19. The minimum atomic E-state index is 0. The molecule has 0 saturated heterocycles. The van der Waals surface area contributed by atoms with Gasteiger partial charge in [-0.1, -0.05) is 43.8 Å². The molecule has 1 radical (unpaired) electrons. The number of nitrogens with zero attached hydrogens (tertiary/aromatic N) is 1. The molecule has 0 aliphatic heterocycles. The summed E-state index contributed by atoms with van der Waals surface area (Å²) in [5, 5.41) is 0. The second-order valence-corrected chi connectivity index (χ2v) is 3.19. The maximum atomic E-state index is 7.22. The van der Waals surface area contributed by atoms with Crippen LogP contribution in [0.2, 0.25) is 0 Å². The van der Waals surface area contributed by atoms with Crippen LogP contribution < -0.4 is 0 Å². The Morgan fingerprint density at radius 1 is 0.857 bits per heavy atom. The fourth-order valence-electron chi connectivity index (χ4n) is 1.49. The Morgan fingerprint density at radius 2 is 1.14 bits per heavy atom. The number of rotatable bonds is 2. The van der Waals surface area contributed by atoms with Crippen LogP contribution in [0.4, 0.5) is 0 Å². The van der Waals surface area contributed by atoms with Crippen LogP contribution in [0.25, 0.3) is 0 Å². The van der Waals surface area contributed by atoms with Crippen molar-refractivity contribution in [1.29, 1.82) is 5.53 Å². The molecule has 21 heavy (non-hydrogen) atoms. The topological polar surface area (TPSA) is 38.0 Å². The van der Waals surface area contributed by atoms with Crippen molar-refractivity contribution in [3.8, 4) is 0 Å². The number of nitrogens with one attached hydrogen (secondary N) is 1. The molecule has 0 bridgehead atoms. The third-order valence-electron chi connectivity index (χ3n) is 2.21. The molecule has 2 nitrogen and oxygen atoms in total. The van der Waals surface area contributed by atoms with Crippen molar-refractivity contribution in [3.63, 3.8) is 0 Å². The molecule has 2 aromatic carbocycles. The van der Waals surface area contributed by atoms with Gasteiger partial charge in [0.1, 0.15) is 0 Å². The van der Waals surface area contributed by atoms with Crippen molar-refractivity contribution in [2.24, 2.45) is 0 Å². The summed E-state index contributed by atoms with van der Waals surface area (Å²) >= 11 is 0. The smallest absolute Gasteiger partial charge is 0.358 e. The zero-order chi connectivity index (χ0) is 12.5. The van der Waals surface area contributed by atoms with Crippen LogP contribution in [0.15, 0.2) is 60.7 Å². The van der Waals surface area contributed by atoms with Gasteiger partial charge in [-0.15, -0.1) is 0 Å². The van der Waals surface area contributed by atoms with Gasteiger partial charge in [0, 0.05) is 39.6 Å². The molecule has 0 saturated carbocycles. The van der Waals surface area contributed by atoms with Crippen molar-refractivity contribution in [3.05, 3.63) is 86.1 Å². The van der Waals surface area contributed by atoms with E-state index in [4.69, 9.17) is 5.53 Å². The van der Waals surface area contributed by atoms with Gasteiger partial charge < -0.3 is 14.4 Å². The van der Waals surface area contributed by atoms with Crippen molar-refractivity contribution >= 4 is 5.71 Å². The van der Waals surface area contributed by atoms with Crippen LogP contribution in [0.3, 0.4) is 0 Å². The Labute approximate surface area is 155 Å². The molecule has 0 heterocycles. The molecule has 2 rings (SSSR count). The van der Waals surface area contributed by atoms with Crippen molar-refractivity contribution in [1.82, 2.24) is 0 Å². The zero-order valence-corrected chi connectivity index (χ0v) is 16.1. The van der Waals surface area contributed by atoms with E-state index in [2.05, 4.69) is 11.7 Å². The van der Waals surface area contributed by atoms with E-state index in [0.717, 1.165) is 11.1 Å². The normalized spacial score (nSPS) is 6.95. The minimum Gasteiger partial charge on any atom is -0.358 e. The van der Waals surface area contributed by atoms with Gasteiger partial charge in [0.25, 0.3) is 0 Å². The summed E-state index contributed by atoms with van der Waals surface area (Å²) in [5.74, 6) is 0. The molecule has 4 heteroatoms. The van der Waals surface area contributed by atoms with E-state index in [-0.39, 0.29) is 54.5 Å². The van der Waals surface area contributed by atoms with Gasteiger partial charge >= 0.3 is 5.71 Å². The van der Waals surface area contributed by atoms with E-state index in [1.807, 2.05) is 60.7 Å². The van der Waals surface area contributed by atoms with Crippen LogP contribution in [-0.4, -0.2) is 10.5 Å². The average Bonchev–Trinajstić information content (AvgIpc) is 2.44. The van der Waals surface area contributed by atoms with Gasteiger partial charge in [-0.25, -0.2) is 0 Å². The molecule has 0 fully saturated rings. The molecule has 1 N–H and O–H groups in total. The van der Waals surface area contributed by atoms with Gasteiger partial charge in [-0.2, -0.15) is 6.92 Å². The molecule has 0 aliphatic rings. The molecule has 0 spiro atoms. The SMILES string of the molecule is C.N=[N+]=C(c1ccccc1)c1ccccc1.[CH2-]C.[CH3-].[V].[W]. The van der Waals surface area contributed by atoms with Gasteiger partial charge in [0.2, 0.25) is 0 Å². The van der Waals surface area contributed by atoms with Gasteiger partial charge in [-0.3, -0.25) is 0 Å². The predicted molar refractivity (Wildman–Crippen MR) is 83.3 cm³/mol. The Kier molecular flexibility index (Phi) is 23.1. The first kappa shape index (κ1) is 28.3. The first-order valence-electron chi connectivity index (χ1n) is 5.48. The molecule has 0 unspecified atom stereocenters. The molecule has 2 aromatic rings. The molecule has 113 valence electrons. The first-order valence-corrected chi connectivity index (χ1v) is 5.48. The monoisotopic (exact) mass is 490 g/mol. The molecule has 0 atom stereocenters. The third kappa shape index (κ3) is 8.86. The van der Waals surface area contributed by atoms with E-state index >= 15 is 0 Å². The molecular weight excluding hydrogens is 467 g/mol. The molecule has 0 amide bonds. The van der Waals surface area contributed by atoms with Crippen LogP contribution in [0.1, 0.15) is 25.5 Å². The van der Waals surface area contributed by atoms with Crippen LogP contribution >= 0.6 is 0 Å². The van der Waals surface area contributed by atoms with E-state index < -0.39 is 0 Å². The molecule has 0 aromatic heterocycles. The van der Waals surface area contributed by atoms with Gasteiger partial charge in [0.15, 0.2) is 0 Å². The second kappa shape index (κ2) is 17.1. The van der Waals surface area contributed by atoms with Crippen molar-refractivity contribution in [2.75, 3.05) is 0 Å². The average molecular weight is 490 g/mol. The van der Waals surface area contributed by atoms with Crippen LogP contribution in [-0.2, 0) is 39.6 Å². The summed E-state index contributed by atoms with van der Waals surface area (Å²) in [4.78, 5) is 3.60. The standard InChI is InChI=1S/C13H11N2.C2H5.CH4.CH3.V.W/c14-15-13(11-7-3-1-4-8-11)12-9-5-2-6-10-12;1-2;;;;/h1-10,14H;1H2,2H3;1H4;1H3;;/q+1;-1;;-1;;. The van der Waals surface area contributed by atoms with E-state index in [1.54, 1.807) is 6.92 Å². The zero-order valence-electron chi connectivity index (χ0n) is 11.8. The fourth-order valence-corrected chi connectivity index (χ4v) is 1.49. The fraction of sp³-hybridized carbons (Fsp3) is 0.118. The van der Waals surface area contributed by atoms with E-state index in [0.29, 0.717) is 5.71 Å². The maximum absolute atomic E-state index is 7.22. The van der Waals surface area contributed by atoms with Crippen molar-refractivity contribution in [2.45, 2.75) is 14.4 Å². The summed E-state index contributed by atoms with van der Waals surface area (Å²) in [5.41, 5.74) is 9.87. The molecule has 0 aliphatic carbocycles. The Hall–Kier alpha value is -0.907. The largest absolute Gasteiger partial charge is 0.379 e. The summed E-state index contributed by atoms with van der Waals surface area (Å²) in [7, 11) is 0. The quantitative estimate of drug-likeness (QED) is 0.275. The van der Waals surface area contributed by atoms with Gasteiger partial charge in [-0.05, 0) is 24.3 Å². The number of hydrogen-bond acceptors (Lipinski definition) is 1. The maximum Gasteiger partial charge on any atom is 0.379 e. The van der Waals surface area contributed by atoms with Crippen LogP contribution in [0.5, 0.6) is 0 Å². The Bertz CT molecular complexity index is 453. The number of benzene rings is 2. The molecular formula is C17H23N2VW-. The Morgan fingerprint density at radius 3 is 1.38 bits per heavy atom. The summed E-state index contributed by atoms with van der Waals surface area (Å²) < 4.78 is 0. The number of hydrogen-bond donors (Lipinski definition) is 1. The summed E-state index contributed by atoms with van der Waals surface area (Å²) in [6, 6.07) is 19.5. The summed E-state index contributed by atoms with van der Waals surface area (Å²) in [6.45, 7) is 5.00. The third-order valence-corrected chi connectivity index (χ3v) is 2.21. The van der Waals surface area contributed by atoms with Crippen LogP contribution in [0, 0.1) is 19.9 Å². The van der Waals surface area contributed by atoms with E-state index in [9.17, 15) is 0 Å².